The molecule has 1 heterocycles. The van der Waals surface area contributed by atoms with Gasteiger partial charge in [-0.2, -0.15) is 0 Å². The number of likely N-dealkylation sites (tertiary alicyclic amines) is 1. The lowest BCUT2D eigenvalue weighted by Crippen LogP contribution is -2.31. The monoisotopic (exact) mass is 233 g/mol. The van der Waals surface area contributed by atoms with Gasteiger partial charge in [0.1, 0.15) is 5.75 Å². The minimum atomic E-state index is -0.442. The summed E-state index contributed by atoms with van der Waals surface area (Å²) in [5.41, 5.74) is 2.04. The number of nitrogens with zero attached hydrogens (tertiary/aromatic N) is 1. The van der Waals surface area contributed by atoms with Gasteiger partial charge < -0.3 is 9.64 Å². The van der Waals surface area contributed by atoms with Crippen molar-refractivity contribution in [2.75, 3.05) is 13.1 Å². The number of Topliss-reactive ketones (excluding diaryl/α,β-unsaturated/α-hetero) is 1. The summed E-state index contributed by atoms with van der Waals surface area (Å²) in [6.45, 7) is 4.51. The van der Waals surface area contributed by atoms with Crippen molar-refractivity contribution in [1.29, 1.82) is 0 Å². The summed E-state index contributed by atoms with van der Waals surface area (Å²) in [5.74, 6) is 0.641. The third-order valence-electron chi connectivity index (χ3n) is 2.81. The van der Waals surface area contributed by atoms with Gasteiger partial charge in [-0.1, -0.05) is 17.7 Å². The van der Waals surface area contributed by atoms with E-state index >= 15 is 0 Å². The molecule has 2 rings (SSSR count). The molecule has 1 fully saturated rings. The third-order valence-corrected chi connectivity index (χ3v) is 2.81. The highest BCUT2D eigenvalue weighted by Gasteiger charge is 2.25. The van der Waals surface area contributed by atoms with Crippen LogP contribution in [0.15, 0.2) is 18.2 Å². The number of carbonyl (C=O) groups excluding carboxylic acids is 2. The van der Waals surface area contributed by atoms with Crippen molar-refractivity contribution in [2.45, 2.75) is 20.3 Å². The Morgan fingerprint density at radius 1 is 1.35 bits per heavy atom. The van der Waals surface area contributed by atoms with E-state index in [1.165, 1.54) is 4.90 Å². The number of rotatable bonds is 1. The van der Waals surface area contributed by atoms with Crippen LogP contribution in [0.1, 0.15) is 17.5 Å². The molecule has 1 amide bonds. The van der Waals surface area contributed by atoms with Gasteiger partial charge in [-0.15, -0.1) is 0 Å². The highest BCUT2D eigenvalue weighted by atomic mass is 16.6. The Kier molecular flexibility index (Phi) is 3.13. The van der Waals surface area contributed by atoms with Crippen molar-refractivity contribution >= 4 is 11.9 Å². The molecular weight excluding hydrogens is 218 g/mol. The van der Waals surface area contributed by atoms with Crippen molar-refractivity contribution in [3.8, 4) is 5.75 Å². The second kappa shape index (κ2) is 4.57. The van der Waals surface area contributed by atoms with Gasteiger partial charge in [-0.05, 0) is 25.5 Å². The Balaban J connectivity index is 2.05. The second-order valence-corrected chi connectivity index (χ2v) is 4.35. The molecule has 4 nitrogen and oxygen atoms in total. The van der Waals surface area contributed by atoms with E-state index in [0.717, 1.165) is 11.1 Å². The van der Waals surface area contributed by atoms with Crippen molar-refractivity contribution in [3.63, 3.8) is 0 Å². The zero-order chi connectivity index (χ0) is 12.4. The van der Waals surface area contributed by atoms with Gasteiger partial charge in [0, 0.05) is 13.0 Å². The molecule has 0 spiro atoms. The molecule has 0 unspecified atom stereocenters. The maximum absolute atomic E-state index is 11.7. The van der Waals surface area contributed by atoms with E-state index in [-0.39, 0.29) is 12.3 Å². The summed E-state index contributed by atoms with van der Waals surface area (Å²) in [6.07, 6.45) is -0.00933. The number of amides is 1. The molecule has 0 aromatic heterocycles. The van der Waals surface area contributed by atoms with Crippen LogP contribution in [-0.2, 0) is 4.79 Å². The molecule has 0 saturated carbocycles. The van der Waals surface area contributed by atoms with E-state index < -0.39 is 6.09 Å². The molecule has 17 heavy (non-hydrogen) atoms. The largest absolute Gasteiger partial charge is 0.415 e. The number of hydrogen-bond acceptors (Lipinski definition) is 3. The first-order chi connectivity index (χ1) is 8.06. The fourth-order valence-corrected chi connectivity index (χ4v) is 1.86. The van der Waals surface area contributed by atoms with Gasteiger partial charge in [-0.3, -0.25) is 4.79 Å². The first kappa shape index (κ1) is 11.6. The summed E-state index contributed by atoms with van der Waals surface area (Å²) < 4.78 is 5.27. The normalized spacial score (nSPS) is 15.2. The molecule has 0 bridgehead atoms. The molecule has 90 valence electrons. The molecule has 1 aliphatic heterocycles. The van der Waals surface area contributed by atoms with Crippen LogP contribution in [0.4, 0.5) is 4.79 Å². The van der Waals surface area contributed by atoms with Crippen LogP contribution in [0.5, 0.6) is 5.75 Å². The smallest absolute Gasteiger partial charge is 0.410 e. The Bertz CT molecular complexity index is 468. The van der Waals surface area contributed by atoms with Crippen molar-refractivity contribution < 1.29 is 14.3 Å². The summed E-state index contributed by atoms with van der Waals surface area (Å²) in [7, 11) is 0. The van der Waals surface area contributed by atoms with E-state index in [1.54, 1.807) is 6.07 Å². The SMILES string of the molecule is Cc1ccc(OC(=O)N2CCC(=O)C2)c(C)c1. The molecule has 0 atom stereocenters. The molecule has 4 heteroatoms. The number of benzene rings is 1. The van der Waals surface area contributed by atoms with E-state index in [1.807, 2.05) is 26.0 Å². The van der Waals surface area contributed by atoms with E-state index in [9.17, 15) is 9.59 Å². The first-order valence-corrected chi connectivity index (χ1v) is 5.62. The van der Waals surface area contributed by atoms with Crippen molar-refractivity contribution in [1.82, 2.24) is 4.90 Å². The molecule has 1 saturated heterocycles. The summed E-state index contributed by atoms with van der Waals surface area (Å²) in [5, 5.41) is 0. The van der Waals surface area contributed by atoms with Crippen LogP contribution < -0.4 is 4.74 Å². The van der Waals surface area contributed by atoms with E-state index in [4.69, 9.17) is 4.74 Å². The number of ether oxygens (including phenoxy) is 1. The Morgan fingerprint density at radius 2 is 2.12 bits per heavy atom. The average Bonchev–Trinajstić information content (AvgIpc) is 2.69. The van der Waals surface area contributed by atoms with Gasteiger partial charge in [0.15, 0.2) is 5.78 Å². The zero-order valence-electron chi connectivity index (χ0n) is 10.0. The highest BCUT2D eigenvalue weighted by molar-refractivity contribution is 5.87. The Labute approximate surface area is 100 Å². The number of carbonyl (C=O) groups is 2. The van der Waals surface area contributed by atoms with Crippen molar-refractivity contribution in [3.05, 3.63) is 29.3 Å². The summed E-state index contributed by atoms with van der Waals surface area (Å²) in [4.78, 5) is 24.3. The van der Waals surface area contributed by atoms with Crippen LogP contribution in [0.2, 0.25) is 0 Å². The highest BCUT2D eigenvalue weighted by Crippen LogP contribution is 2.20. The van der Waals surface area contributed by atoms with Crippen molar-refractivity contribution in [2.24, 2.45) is 0 Å². The standard InChI is InChI=1S/C13H15NO3/c1-9-3-4-12(10(2)7-9)17-13(16)14-6-5-11(15)8-14/h3-4,7H,5-6,8H2,1-2H3. The molecule has 0 radical (unpaired) electrons. The number of hydrogen-bond donors (Lipinski definition) is 0. The second-order valence-electron chi connectivity index (χ2n) is 4.35. The van der Waals surface area contributed by atoms with Crippen LogP contribution >= 0.6 is 0 Å². The fraction of sp³-hybridized carbons (Fsp3) is 0.385. The predicted octanol–water partition coefficient (Wildman–Crippen LogP) is 2.08. The van der Waals surface area contributed by atoms with Gasteiger partial charge in [0.05, 0.1) is 6.54 Å². The lowest BCUT2D eigenvalue weighted by atomic mass is 10.1. The number of ketones is 1. The molecular formula is C13H15NO3. The summed E-state index contributed by atoms with van der Waals surface area (Å²) in [6, 6.07) is 5.63. The third kappa shape index (κ3) is 2.64. The average molecular weight is 233 g/mol. The maximum atomic E-state index is 11.7. The van der Waals surface area contributed by atoms with Crippen LogP contribution in [-0.4, -0.2) is 29.9 Å². The fourth-order valence-electron chi connectivity index (χ4n) is 1.86. The molecule has 0 N–H and O–H groups in total. The number of aryl methyl sites for hydroxylation is 2. The van der Waals surface area contributed by atoms with E-state index in [2.05, 4.69) is 0 Å². The molecule has 1 aromatic rings. The molecule has 1 aromatic carbocycles. The summed E-state index contributed by atoms with van der Waals surface area (Å²) >= 11 is 0. The van der Waals surface area contributed by atoms with Gasteiger partial charge >= 0.3 is 6.09 Å². The van der Waals surface area contributed by atoms with Crippen LogP contribution in [0, 0.1) is 13.8 Å². The minimum Gasteiger partial charge on any atom is -0.410 e. The lowest BCUT2D eigenvalue weighted by molar-refractivity contribution is -0.116. The zero-order valence-corrected chi connectivity index (χ0v) is 10.0. The molecule has 0 aliphatic carbocycles. The minimum absolute atomic E-state index is 0.0857. The first-order valence-electron chi connectivity index (χ1n) is 5.62. The van der Waals surface area contributed by atoms with Crippen LogP contribution in [0.25, 0.3) is 0 Å². The van der Waals surface area contributed by atoms with Crippen LogP contribution in [0.3, 0.4) is 0 Å². The van der Waals surface area contributed by atoms with Gasteiger partial charge in [-0.25, -0.2) is 4.79 Å². The topological polar surface area (TPSA) is 46.6 Å². The Morgan fingerprint density at radius 3 is 2.71 bits per heavy atom. The predicted molar refractivity (Wildman–Crippen MR) is 63.1 cm³/mol. The quantitative estimate of drug-likeness (QED) is 0.746. The van der Waals surface area contributed by atoms with Gasteiger partial charge in [0.2, 0.25) is 0 Å². The maximum Gasteiger partial charge on any atom is 0.415 e. The van der Waals surface area contributed by atoms with E-state index in [0.29, 0.717) is 18.7 Å². The van der Waals surface area contributed by atoms with Gasteiger partial charge in [0.25, 0.3) is 0 Å². The Hall–Kier alpha value is -1.84. The lowest BCUT2D eigenvalue weighted by Gasteiger charge is -2.15. The molecule has 1 aliphatic rings.